The minimum absolute atomic E-state index is 0.0162. The lowest BCUT2D eigenvalue weighted by atomic mass is 10.2. The van der Waals surface area contributed by atoms with Crippen LogP contribution in [0.1, 0.15) is 33.3 Å². The number of benzene rings is 2. The van der Waals surface area contributed by atoms with Crippen molar-refractivity contribution >= 4 is 21.6 Å². The molecule has 2 aromatic carbocycles. The first-order chi connectivity index (χ1) is 15.8. The van der Waals surface area contributed by atoms with Gasteiger partial charge in [0.1, 0.15) is 10.6 Å². The van der Waals surface area contributed by atoms with E-state index in [1.807, 2.05) is 6.07 Å². The first kappa shape index (κ1) is 26.0. The molecule has 0 spiro atoms. The fourth-order valence-corrected chi connectivity index (χ4v) is 4.69. The van der Waals surface area contributed by atoms with Gasteiger partial charge in [0.2, 0.25) is 10.0 Å². The van der Waals surface area contributed by atoms with Crippen molar-refractivity contribution in [3.63, 3.8) is 0 Å². The van der Waals surface area contributed by atoms with Crippen LogP contribution in [0.5, 0.6) is 17.2 Å². The van der Waals surface area contributed by atoms with Gasteiger partial charge in [-0.25, -0.2) is 8.42 Å². The number of amides is 1. The van der Waals surface area contributed by atoms with E-state index in [0.717, 1.165) is 0 Å². The topological polar surface area (TPSA) is 118 Å². The highest BCUT2D eigenvalue weighted by Gasteiger charge is 2.26. The molecule has 0 atom stereocenters. The van der Waals surface area contributed by atoms with Gasteiger partial charge >= 0.3 is 0 Å². The third kappa shape index (κ3) is 6.60. The van der Waals surface area contributed by atoms with Gasteiger partial charge in [-0.1, -0.05) is 13.8 Å². The van der Waals surface area contributed by atoms with E-state index in [4.69, 9.17) is 19.5 Å². The van der Waals surface area contributed by atoms with E-state index in [1.165, 1.54) is 22.5 Å². The van der Waals surface area contributed by atoms with Crippen molar-refractivity contribution in [1.82, 2.24) is 4.31 Å². The summed E-state index contributed by atoms with van der Waals surface area (Å²) in [6.45, 7) is 8.01. The van der Waals surface area contributed by atoms with Gasteiger partial charge in [0.25, 0.3) is 5.91 Å². The number of hydrogen-bond donors (Lipinski definition) is 1. The number of hydrogen-bond acceptors (Lipinski definition) is 7. The first-order valence-electron chi connectivity index (χ1n) is 10.7. The predicted octanol–water partition coefficient (Wildman–Crippen LogP) is 3.40. The Morgan fingerprint density at radius 1 is 0.939 bits per heavy atom. The Balaban J connectivity index is 2.21. The van der Waals surface area contributed by atoms with Crippen molar-refractivity contribution in [1.29, 1.82) is 5.26 Å². The zero-order valence-electron chi connectivity index (χ0n) is 19.3. The van der Waals surface area contributed by atoms with Gasteiger partial charge in [-0.3, -0.25) is 4.79 Å². The Bertz CT molecular complexity index is 1110. The maximum Gasteiger partial charge on any atom is 0.262 e. The van der Waals surface area contributed by atoms with E-state index < -0.39 is 15.9 Å². The molecule has 9 nitrogen and oxygen atoms in total. The monoisotopic (exact) mass is 475 g/mol. The SMILES string of the molecule is CCOc1cc(C#N)ccc1OCC(=O)Nc1ccc(OCC)c(S(=O)(=O)N(CC)CC)c1. The van der Waals surface area contributed by atoms with Gasteiger partial charge in [0.05, 0.1) is 24.8 Å². The van der Waals surface area contributed by atoms with E-state index in [2.05, 4.69) is 5.32 Å². The summed E-state index contributed by atoms with van der Waals surface area (Å²) in [5, 5.41) is 11.7. The minimum Gasteiger partial charge on any atom is -0.492 e. The van der Waals surface area contributed by atoms with Crippen molar-refractivity contribution in [3.05, 3.63) is 42.0 Å². The smallest absolute Gasteiger partial charge is 0.262 e. The van der Waals surface area contributed by atoms with Crippen molar-refractivity contribution in [2.75, 3.05) is 38.2 Å². The van der Waals surface area contributed by atoms with E-state index in [1.54, 1.807) is 45.9 Å². The van der Waals surface area contributed by atoms with Gasteiger partial charge in [0.15, 0.2) is 18.1 Å². The largest absolute Gasteiger partial charge is 0.492 e. The molecule has 33 heavy (non-hydrogen) atoms. The van der Waals surface area contributed by atoms with Crippen LogP contribution >= 0.6 is 0 Å². The van der Waals surface area contributed by atoms with Gasteiger partial charge in [-0.15, -0.1) is 0 Å². The van der Waals surface area contributed by atoms with Gasteiger partial charge in [-0.05, 0) is 44.2 Å². The summed E-state index contributed by atoms with van der Waals surface area (Å²) in [4.78, 5) is 12.5. The van der Waals surface area contributed by atoms with Crippen LogP contribution < -0.4 is 19.5 Å². The molecule has 0 fully saturated rings. The van der Waals surface area contributed by atoms with Crippen molar-refractivity contribution in [2.24, 2.45) is 0 Å². The van der Waals surface area contributed by atoms with Crippen LogP contribution in [0.2, 0.25) is 0 Å². The van der Waals surface area contributed by atoms with Crippen LogP contribution in [-0.2, 0) is 14.8 Å². The summed E-state index contributed by atoms with van der Waals surface area (Å²) < 4.78 is 44.0. The molecule has 0 aliphatic carbocycles. The number of anilines is 1. The van der Waals surface area contributed by atoms with Gasteiger partial charge in [0, 0.05) is 24.8 Å². The van der Waals surface area contributed by atoms with Crippen molar-refractivity contribution < 1.29 is 27.4 Å². The summed E-state index contributed by atoms with van der Waals surface area (Å²) in [6.07, 6.45) is 0. The molecule has 1 N–H and O–H groups in total. The number of carbonyl (C=O) groups excluding carboxylic acids is 1. The number of carbonyl (C=O) groups is 1. The number of sulfonamides is 1. The Morgan fingerprint density at radius 2 is 1.58 bits per heavy atom. The quantitative estimate of drug-likeness (QED) is 0.500. The van der Waals surface area contributed by atoms with Crippen LogP contribution in [0, 0.1) is 11.3 Å². The Kier molecular flexibility index (Phi) is 9.51. The number of ether oxygens (including phenoxy) is 3. The molecule has 0 aromatic heterocycles. The molecule has 178 valence electrons. The van der Waals surface area contributed by atoms with Crippen LogP contribution in [0.15, 0.2) is 41.3 Å². The van der Waals surface area contributed by atoms with Crippen molar-refractivity contribution in [2.45, 2.75) is 32.6 Å². The molecule has 0 aliphatic rings. The average molecular weight is 476 g/mol. The molecule has 0 heterocycles. The van der Waals surface area contributed by atoms with E-state index >= 15 is 0 Å². The highest BCUT2D eigenvalue weighted by molar-refractivity contribution is 7.89. The molecule has 0 saturated heterocycles. The second kappa shape index (κ2) is 12.1. The van der Waals surface area contributed by atoms with Gasteiger partial charge < -0.3 is 19.5 Å². The molecule has 0 saturated carbocycles. The maximum absolute atomic E-state index is 13.1. The number of rotatable bonds is 12. The lowest BCUT2D eigenvalue weighted by molar-refractivity contribution is -0.118. The molecule has 2 rings (SSSR count). The van der Waals surface area contributed by atoms with Gasteiger partial charge in [-0.2, -0.15) is 9.57 Å². The lowest BCUT2D eigenvalue weighted by Crippen LogP contribution is -2.31. The Hall–Kier alpha value is -3.29. The molecule has 10 heteroatoms. The third-order valence-electron chi connectivity index (χ3n) is 4.58. The fourth-order valence-electron chi connectivity index (χ4n) is 3.07. The molecule has 0 bridgehead atoms. The predicted molar refractivity (Wildman–Crippen MR) is 124 cm³/mol. The minimum atomic E-state index is -3.80. The highest BCUT2D eigenvalue weighted by atomic mass is 32.2. The second-order valence-electron chi connectivity index (χ2n) is 6.73. The summed E-state index contributed by atoms with van der Waals surface area (Å²) in [7, 11) is -3.80. The van der Waals surface area contributed by atoms with Crippen LogP contribution in [0.4, 0.5) is 5.69 Å². The molecular formula is C23H29N3O6S. The van der Waals surface area contributed by atoms with Crippen molar-refractivity contribution in [3.8, 4) is 23.3 Å². The molecule has 0 unspecified atom stereocenters. The number of nitriles is 1. The standard InChI is InChI=1S/C23H29N3O6S/c1-5-26(6-2)33(28,29)22-14-18(10-12-20(22)30-7-3)25-23(27)16-32-19-11-9-17(15-24)13-21(19)31-8-4/h9-14H,5-8,16H2,1-4H3,(H,25,27). The molecule has 1 amide bonds. The van der Waals surface area contributed by atoms with Crippen LogP contribution in [0.3, 0.4) is 0 Å². The third-order valence-corrected chi connectivity index (χ3v) is 6.65. The zero-order valence-corrected chi connectivity index (χ0v) is 20.1. The Labute approximate surface area is 194 Å². The highest BCUT2D eigenvalue weighted by Crippen LogP contribution is 2.31. The van der Waals surface area contributed by atoms with Crippen LogP contribution in [-0.4, -0.2) is 51.5 Å². The first-order valence-corrected chi connectivity index (χ1v) is 12.1. The van der Waals surface area contributed by atoms with E-state index in [-0.39, 0.29) is 17.3 Å². The molecular weight excluding hydrogens is 446 g/mol. The second-order valence-corrected chi connectivity index (χ2v) is 8.63. The Morgan fingerprint density at radius 3 is 2.18 bits per heavy atom. The summed E-state index contributed by atoms with van der Waals surface area (Å²) >= 11 is 0. The maximum atomic E-state index is 13.1. The number of nitrogens with one attached hydrogen (secondary N) is 1. The van der Waals surface area contributed by atoms with Crippen LogP contribution in [0.25, 0.3) is 0 Å². The number of nitrogens with zero attached hydrogens (tertiary/aromatic N) is 2. The summed E-state index contributed by atoms with van der Waals surface area (Å²) in [5.41, 5.74) is 0.703. The molecule has 2 aromatic rings. The fraction of sp³-hybridized carbons (Fsp3) is 0.391. The zero-order chi connectivity index (χ0) is 24.4. The van der Waals surface area contributed by atoms with E-state index in [9.17, 15) is 13.2 Å². The van der Waals surface area contributed by atoms with E-state index in [0.29, 0.717) is 49.1 Å². The molecule has 0 aliphatic heterocycles. The summed E-state index contributed by atoms with van der Waals surface area (Å²) in [5.74, 6) is 0.412. The summed E-state index contributed by atoms with van der Waals surface area (Å²) in [6, 6.07) is 11.1. The lowest BCUT2D eigenvalue weighted by Gasteiger charge is -2.21. The average Bonchev–Trinajstić information content (AvgIpc) is 2.80. The molecule has 0 radical (unpaired) electrons. The normalized spacial score (nSPS) is 11.0.